The van der Waals surface area contributed by atoms with Crippen molar-refractivity contribution in [3.05, 3.63) is 85.0 Å². The van der Waals surface area contributed by atoms with E-state index < -0.39 is 75.2 Å². The fraction of sp³-hybridized carbons (Fsp3) is 0. The zero-order valence-electron chi connectivity index (χ0n) is 14.3. The van der Waals surface area contributed by atoms with E-state index in [0.29, 0.717) is 24.3 Å². The Hall–Kier alpha value is -5.36. The number of benzene rings is 2. The number of rotatable bonds is 8. The average Bonchev–Trinajstić information content (AvgIpc) is 2.65. The summed E-state index contributed by atoms with van der Waals surface area (Å²) in [6, 6.07) is 1.46. The Kier molecular flexibility index (Phi) is 5.62. The molecule has 0 amide bonds. The first-order valence-corrected chi connectivity index (χ1v) is 7.25. The highest BCUT2D eigenvalue weighted by molar-refractivity contribution is 5.71. The standard InChI is InChI=1S/C12H4N6O13/c19-13(20)7-1-5(2-8(14(21)22)11(7)17(27)28)31-6-3-9(15(23)24)12(18(29)30)10(4-6)16(25)26/h1-4H. The van der Waals surface area contributed by atoms with Gasteiger partial charge in [0.2, 0.25) is 0 Å². The van der Waals surface area contributed by atoms with Crippen molar-refractivity contribution in [3.63, 3.8) is 0 Å². The van der Waals surface area contributed by atoms with E-state index in [1.165, 1.54) is 0 Å². The van der Waals surface area contributed by atoms with Gasteiger partial charge in [-0.2, -0.15) is 0 Å². The third kappa shape index (κ3) is 4.23. The van der Waals surface area contributed by atoms with Gasteiger partial charge in [0, 0.05) is 0 Å². The number of hydrogen-bond donors (Lipinski definition) is 0. The normalized spacial score (nSPS) is 10.2. The van der Waals surface area contributed by atoms with Gasteiger partial charge < -0.3 is 4.74 Å². The Bertz CT molecular complexity index is 1030. The van der Waals surface area contributed by atoms with Crippen molar-refractivity contribution in [3.8, 4) is 11.5 Å². The smallest absolute Gasteiger partial charge is 0.422 e. The molecule has 0 atom stereocenters. The Morgan fingerprint density at radius 3 is 0.839 bits per heavy atom. The van der Waals surface area contributed by atoms with Crippen molar-refractivity contribution in [2.24, 2.45) is 0 Å². The van der Waals surface area contributed by atoms with Crippen LogP contribution in [0.3, 0.4) is 0 Å². The molecule has 0 fully saturated rings. The lowest BCUT2D eigenvalue weighted by Gasteiger charge is -2.07. The van der Waals surface area contributed by atoms with Crippen LogP contribution in [0.2, 0.25) is 0 Å². The van der Waals surface area contributed by atoms with Gasteiger partial charge in [-0.25, -0.2) is 0 Å². The maximum atomic E-state index is 11.1. The molecular formula is C12H4N6O13. The largest absolute Gasteiger partial charge is 0.456 e. The molecule has 0 bridgehead atoms. The molecule has 0 aliphatic heterocycles. The lowest BCUT2D eigenvalue weighted by atomic mass is 10.2. The van der Waals surface area contributed by atoms with Crippen LogP contribution in [0.1, 0.15) is 0 Å². The van der Waals surface area contributed by atoms with Crippen molar-refractivity contribution >= 4 is 34.1 Å². The fourth-order valence-electron chi connectivity index (χ4n) is 2.34. The summed E-state index contributed by atoms with van der Waals surface area (Å²) in [5, 5.41) is 66.3. The highest BCUT2D eigenvalue weighted by Gasteiger charge is 2.39. The molecule has 160 valence electrons. The van der Waals surface area contributed by atoms with Gasteiger partial charge in [-0.05, 0) is 0 Å². The van der Waals surface area contributed by atoms with E-state index in [9.17, 15) is 60.7 Å². The fourth-order valence-corrected chi connectivity index (χ4v) is 2.34. The van der Waals surface area contributed by atoms with Gasteiger partial charge in [-0.15, -0.1) is 0 Å². The molecule has 0 unspecified atom stereocenters. The van der Waals surface area contributed by atoms with Gasteiger partial charge in [0.1, 0.15) is 11.5 Å². The number of hydrogen-bond acceptors (Lipinski definition) is 13. The summed E-state index contributed by atoms with van der Waals surface area (Å²) in [4.78, 5) is 58.2. The van der Waals surface area contributed by atoms with Crippen molar-refractivity contribution < 1.29 is 34.3 Å². The third-order valence-corrected chi connectivity index (χ3v) is 3.47. The van der Waals surface area contributed by atoms with E-state index in [2.05, 4.69) is 0 Å². The minimum Gasteiger partial charge on any atom is -0.456 e. The molecule has 0 aromatic heterocycles. The molecule has 0 radical (unpaired) electrons. The van der Waals surface area contributed by atoms with Gasteiger partial charge >= 0.3 is 34.1 Å². The van der Waals surface area contributed by atoms with Gasteiger partial charge in [0.25, 0.3) is 0 Å². The first kappa shape index (κ1) is 21.9. The predicted octanol–water partition coefficient (Wildman–Crippen LogP) is 2.93. The van der Waals surface area contributed by atoms with E-state index in [-0.39, 0.29) is 0 Å². The van der Waals surface area contributed by atoms with E-state index in [1.807, 2.05) is 0 Å². The van der Waals surface area contributed by atoms with E-state index in [0.717, 1.165) is 0 Å². The Labute approximate surface area is 166 Å². The van der Waals surface area contributed by atoms with E-state index in [4.69, 9.17) is 4.74 Å². The van der Waals surface area contributed by atoms with Crippen LogP contribution in [0.15, 0.2) is 24.3 Å². The van der Waals surface area contributed by atoms with E-state index >= 15 is 0 Å². The summed E-state index contributed by atoms with van der Waals surface area (Å²) in [7, 11) is 0. The van der Waals surface area contributed by atoms with Crippen LogP contribution in [-0.2, 0) is 0 Å². The third-order valence-electron chi connectivity index (χ3n) is 3.47. The Morgan fingerprint density at radius 1 is 0.452 bits per heavy atom. The summed E-state index contributed by atoms with van der Waals surface area (Å²) in [5.41, 5.74) is -8.47. The highest BCUT2D eigenvalue weighted by Crippen LogP contribution is 2.44. The van der Waals surface area contributed by atoms with Crippen LogP contribution in [0.4, 0.5) is 34.1 Å². The number of nitro groups is 6. The summed E-state index contributed by atoms with van der Waals surface area (Å²) in [6.07, 6.45) is 0. The Balaban J connectivity index is 2.76. The first-order chi connectivity index (χ1) is 14.3. The topological polar surface area (TPSA) is 268 Å². The van der Waals surface area contributed by atoms with Crippen LogP contribution < -0.4 is 4.74 Å². The molecule has 0 aliphatic carbocycles. The van der Waals surface area contributed by atoms with Crippen molar-refractivity contribution in [1.29, 1.82) is 0 Å². The van der Waals surface area contributed by atoms with Crippen LogP contribution >= 0.6 is 0 Å². The monoisotopic (exact) mass is 440 g/mol. The first-order valence-electron chi connectivity index (χ1n) is 7.25. The molecule has 0 heterocycles. The summed E-state index contributed by atoms with van der Waals surface area (Å²) < 4.78 is 4.95. The minimum absolute atomic E-state index is 0.365. The molecule has 0 aliphatic rings. The van der Waals surface area contributed by atoms with Gasteiger partial charge in [-0.3, -0.25) is 60.7 Å². The zero-order chi connectivity index (χ0) is 23.6. The molecule has 2 rings (SSSR count). The molecule has 19 heteroatoms. The molecule has 0 saturated heterocycles. The van der Waals surface area contributed by atoms with Gasteiger partial charge in [-0.1, -0.05) is 0 Å². The van der Waals surface area contributed by atoms with Gasteiger partial charge in [0.15, 0.2) is 0 Å². The van der Waals surface area contributed by atoms with Crippen molar-refractivity contribution in [2.75, 3.05) is 0 Å². The maximum absolute atomic E-state index is 11.1. The van der Waals surface area contributed by atoms with Crippen LogP contribution in [-0.4, -0.2) is 29.5 Å². The van der Waals surface area contributed by atoms with Crippen LogP contribution in [0, 0.1) is 60.7 Å². The maximum Gasteiger partial charge on any atom is 0.422 e. The summed E-state index contributed by atoms with van der Waals surface area (Å²) in [6.45, 7) is 0. The van der Waals surface area contributed by atoms with Crippen molar-refractivity contribution in [1.82, 2.24) is 0 Å². The van der Waals surface area contributed by atoms with Crippen LogP contribution in [0.5, 0.6) is 11.5 Å². The summed E-state index contributed by atoms with van der Waals surface area (Å²) >= 11 is 0. The quantitative estimate of drug-likeness (QED) is 0.422. The molecule has 0 saturated carbocycles. The number of nitro benzene ring substituents is 6. The molecule has 2 aromatic rings. The minimum atomic E-state index is -1.48. The lowest BCUT2D eigenvalue weighted by molar-refractivity contribution is -0.441. The molecule has 0 N–H and O–H groups in total. The summed E-state index contributed by atoms with van der Waals surface area (Å²) in [5.74, 6) is -1.66. The second kappa shape index (κ2) is 7.94. The van der Waals surface area contributed by atoms with E-state index in [1.54, 1.807) is 0 Å². The molecule has 2 aromatic carbocycles. The molecule has 0 spiro atoms. The Morgan fingerprint density at radius 2 is 0.677 bits per heavy atom. The zero-order valence-corrected chi connectivity index (χ0v) is 14.3. The van der Waals surface area contributed by atoms with Crippen molar-refractivity contribution in [2.45, 2.75) is 0 Å². The second-order valence-electron chi connectivity index (χ2n) is 5.26. The SMILES string of the molecule is O=[N+]([O-])c1cc(Oc2cc([N+](=O)[O-])c([N+](=O)[O-])c([N+](=O)[O-])c2)cc([N+](=O)[O-])c1[N+](=O)[O-]. The highest BCUT2D eigenvalue weighted by atomic mass is 16.7. The van der Waals surface area contributed by atoms with Crippen LogP contribution in [0.25, 0.3) is 0 Å². The number of nitrogens with zero attached hydrogens (tertiary/aromatic N) is 6. The lowest BCUT2D eigenvalue weighted by Crippen LogP contribution is -2.03. The predicted molar refractivity (Wildman–Crippen MR) is 92.9 cm³/mol. The average molecular weight is 440 g/mol. The molecule has 31 heavy (non-hydrogen) atoms. The molecular weight excluding hydrogens is 436 g/mol. The van der Waals surface area contributed by atoms with Gasteiger partial charge in [0.05, 0.1) is 53.8 Å². The number of ether oxygens (including phenoxy) is 1. The second-order valence-corrected chi connectivity index (χ2v) is 5.26. The molecule has 19 nitrogen and oxygen atoms in total.